The minimum Gasteiger partial charge on any atom is -0.394 e. The molecule has 1 saturated heterocycles. The number of aliphatic hydroxyl groups is 3. The lowest BCUT2D eigenvalue weighted by Crippen LogP contribution is -2.34. The van der Waals surface area contributed by atoms with E-state index >= 15 is 0 Å². The van der Waals surface area contributed by atoms with Crippen molar-refractivity contribution in [2.45, 2.75) is 24.6 Å². The molecular formula is C6H12O5. The van der Waals surface area contributed by atoms with E-state index < -0.39 is 24.6 Å². The Labute approximate surface area is 64.2 Å². The average molecular weight is 164 g/mol. The fourth-order valence-electron chi connectivity index (χ4n) is 1.06. The molecule has 1 aliphatic heterocycles. The lowest BCUT2D eigenvalue weighted by Gasteiger charge is -2.11. The van der Waals surface area contributed by atoms with E-state index in [4.69, 9.17) is 20.1 Å². The third kappa shape index (κ3) is 1.52. The molecule has 1 aliphatic rings. The highest BCUT2D eigenvalue weighted by Crippen LogP contribution is 2.20. The quantitative estimate of drug-likeness (QED) is 0.443. The Kier molecular flexibility index (Phi) is 2.80. The van der Waals surface area contributed by atoms with Crippen molar-refractivity contribution >= 4 is 0 Å². The molecule has 5 nitrogen and oxygen atoms in total. The van der Waals surface area contributed by atoms with E-state index in [2.05, 4.69) is 4.74 Å². The SMILES string of the molecule is CO[C@H]1O[C@@H](CO)C(O)[C@H]1O. The minimum atomic E-state index is -1.07. The molecule has 1 unspecified atom stereocenters. The Morgan fingerprint density at radius 2 is 2.00 bits per heavy atom. The van der Waals surface area contributed by atoms with Crippen LogP contribution in [0.3, 0.4) is 0 Å². The van der Waals surface area contributed by atoms with Gasteiger partial charge in [-0.15, -0.1) is 0 Å². The molecule has 1 fully saturated rings. The van der Waals surface area contributed by atoms with Crippen LogP contribution in [0.4, 0.5) is 0 Å². The minimum absolute atomic E-state index is 0.321. The van der Waals surface area contributed by atoms with Crippen LogP contribution < -0.4 is 0 Å². The van der Waals surface area contributed by atoms with Gasteiger partial charge in [0.25, 0.3) is 0 Å². The first-order chi connectivity index (χ1) is 5.20. The van der Waals surface area contributed by atoms with Crippen LogP contribution in [0.1, 0.15) is 0 Å². The molecule has 0 aromatic carbocycles. The van der Waals surface area contributed by atoms with Crippen molar-refractivity contribution in [2.75, 3.05) is 13.7 Å². The Morgan fingerprint density at radius 1 is 1.36 bits per heavy atom. The van der Waals surface area contributed by atoms with Crippen LogP contribution in [0, 0.1) is 0 Å². The van der Waals surface area contributed by atoms with Gasteiger partial charge in [0.1, 0.15) is 18.3 Å². The normalized spacial score (nSPS) is 44.7. The number of ether oxygens (including phenoxy) is 2. The van der Waals surface area contributed by atoms with Gasteiger partial charge in [-0.25, -0.2) is 0 Å². The fourth-order valence-corrected chi connectivity index (χ4v) is 1.06. The Hall–Kier alpha value is -0.200. The fraction of sp³-hybridized carbons (Fsp3) is 1.00. The molecule has 0 aromatic rings. The van der Waals surface area contributed by atoms with Crippen LogP contribution in [0.2, 0.25) is 0 Å². The van der Waals surface area contributed by atoms with Gasteiger partial charge in [0, 0.05) is 7.11 Å². The van der Waals surface area contributed by atoms with E-state index in [1.807, 2.05) is 0 Å². The van der Waals surface area contributed by atoms with Gasteiger partial charge in [-0.2, -0.15) is 0 Å². The molecule has 11 heavy (non-hydrogen) atoms. The van der Waals surface area contributed by atoms with Crippen molar-refractivity contribution in [3.05, 3.63) is 0 Å². The lowest BCUT2D eigenvalue weighted by molar-refractivity contribution is -0.153. The van der Waals surface area contributed by atoms with Gasteiger partial charge in [-0.05, 0) is 0 Å². The number of hydrogen-bond donors (Lipinski definition) is 3. The van der Waals surface area contributed by atoms with Crippen LogP contribution in [0.25, 0.3) is 0 Å². The summed E-state index contributed by atoms with van der Waals surface area (Å²) in [4.78, 5) is 0. The molecule has 5 heteroatoms. The van der Waals surface area contributed by atoms with E-state index in [9.17, 15) is 0 Å². The lowest BCUT2D eigenvalue weighted by atomic mass is 10.1. The van der Waals surface area contributed by atoms with E-state index in [0.717, 1.165) is 0 Å². The van der Waals surface area contributed by atoms with Gasteiger partial charge in [0.15, 0.2) is 6.29 Å². The molecule has 0 aromatic heterocycles. The number of rotatable bonds is 2. The molecule has 0 aliphatic carbocycles. The topological polar surface area (TPSA) is 79.2 Å². The van der Waals surface area contributed by atoms with Crippen LogP contribution in [-0.4, -0.2) is 53.6 Å². The summed E-state index contributed by atoms with van der Waals surface area (Å²) in [5, 5.41) is 26.9. The van der Waals surface area contributed by atoms with Crippen molar-refractivity contribution in [3.63, 3.8) is 0 Å². The summed E-state index contributed by atoms with van der Waals surface area (Å²) in [6.45, 7) is -0.321. The molecule has 1 heterocycles. The summed E-state index contributed by atoms with van der Waals surface area (Å²) < 4.78 is 9.59. The highest BCUT2D eigenvalue weighted by atomic mass is 16.7. The van der Waals surface area contributed by atoms with Crippen LogP contribution in [0.5, 0.6) is 0 Å². The summed E-state index contributed by atoms with van der Waals surface area (Å²) in [5.41, 5.74) is 0. The molecule has 0 spiro atoms. The maximum atomic E-state index is 9.15. The summed E-state index contributed by atoms with van der Waals surface area (Å²) in [5.74, 6) is 0. The number of methoxy groups -OCH3 is 1. The van der Waals surface area contributed by atoms with Gasteiger partial charge < -0.3 is 24.8 Å². The second kappa shape index (κ2) is 3.46. The predicted molar refractivity (Wildman–Crippen MR) is 34.8 cm³/mol. The molecule has 3 N–H and O–H groups in total. The van der Waals surface area contributed by atoms with Gasteiger partial charge in [-0.3, -0.25) is 0 Å². The van der Waals surface area contributed by atoms with E-state index in [0.29, 0.717) is 0 Å². The van der Waals surface area contributed by atoms with E-state index in [1.54, 1.807) is 0 Å². The number of aliphatic hydroxyl groups excluding tert-OH is 3. The van der Waals surface area contributed by atoms with Gasteiger partial charge >= 0.3 is 0 Å². The summed E-state index contributed by atoms with van der Waals surface area (Å²) in [6.07, 6.45) is -3.71. The van der Waals surface area contributed by atoms with Crippen molar-refractivity contribution < 1.29 is 24.8 Å². The Morgan fingerprint density at radius 3 is 2.27 bits per heavy atom. The Bertz CT molecular complexity index is 110. The highest BCUT2D eigenvalue weighted by Gasteiger charge is 2.42. The predicted octanol–water partition coefficient (Wildman–Crippen LogP) is -1.93. The average Bonchev–Trinajstić information content (AvgIpc) is 2.30. The third-order valence-electron chi connectivity index (χ3n) is 1.73. The number of hydrogen-bond acceptors (Lipinski definition) is 5. The van der Waals surface area contributed by atoms with Crippen molar-refractivity contribution in [1.82, 2.24) is 0 Å². The molecule has 0 saturated carbocycles. The zero-order valence-electron chi connectivity index (χ0n) is 6.17. The maximum Gasteiger partial charge on any atom is 0.186 e. The zero-order valence-corrected chi connectivity index (χ0v) is 6.17. The maximum absolute atomic E-state index is 9.15. The molecule has 0 amide bonds. The monoisotopic (exact) mass is 164 g/mol. The molecule has 0 bridgehead atoms. The second-order valence-electron chi connectivity index (χ2n) is 2.44. The van der Waals surface area contributed by atoms with Crippen LogP contribution in [-0.2, 0) is 9.47 Å². The first-order valence-electron chi connectivity index (χ1n) is 3.36. The van der Waals surface area contributed by atoms with Crippen molar-refractivity contribution in [3.8, 4) is 0 Å². The van der Waals surface area contributed by atoms with E-state index in [1.165, 1.54) is 7.11 Å². The molecular weight excluding hydrogens is 152 g/mol. The first kappa shape index (κ1) is 8.89. The molecule has 66 valence electrons. The van der Waals surface area contributed by atoms with Gasteiger partial charge in [-0.1, -0.05) is 0 Å². The molecule has 4 atom stereocenters. The molecule has 1 rings (SSSR count). The first-order valence-corrected chi connectivity index (χ1v) is 3.36. The van der Waals surface area contributed by atoms with Gasteiger partial charge in [0.05, 0.1) is 6.61 Å². The van der Waals surface area contributed by atoms with Crippen molar-refractivity contribution in [1.29, 1.82) is 0 Å². The zero-order chi connectivity index (χ0) is 8.43. The van der Waals surface area contributed by atoms with Crippen molar-refractivity contribution in [2.24, 2.45) is 0 Å². The smallest absolute Gasteiger partial charge is 0.186 e. The summed E-state index contributed by atoms with van der Waals surface area (Å²) >= 11 is 0. The summed E-state index contributed by atoms with van der Waals surface area (Å²) in [6, 6.07) is 0. The van der Waals surface area contributed by atoms with E-state index in [-0.39, 0.29) is 6.61 Å². The third-order valence-corrected chi connectivity index (χ3v) is 1.73. The highest BCUT2D eigenvalue weighted by molar-refractivity contribution is 4.85. The standard InChI is InChI=1S/C6H12O5/c1-10-6-5(9)4(8)3(2-7)11-6/h3-9H,2H2,1H3/t3-,4?,5+,6-/m0/s1. The Balaban J connectivity index is 2.53. The van der Waals surface area contributed by atoms with Gasteiger partial charge in [0.2, 0.25) is 0 Å². The largest absolute Gasteiger partial charge is 0.394 e. The second-order valence-corrected chi connectivity index (χ2v) is 2.44. The molecule has 0 radical (unpaired) electrons. The van der Waals surface area contributed by atoms with Crippen LogP contribution in [0.15, 0.2) is 0 Å². The summed E-state index contributed by atoms with van der Waals surface area (Å²) in [7, 11) is 1.36. The van der Waals surface area contributed by atoms with Crippen LogP contribution >= 0.6 is 0 Å².